The molecule has 516 valence electrons. The van der Waals surface area contributed by atoms with Crippen LogP contribution in [0.1, 0.15) is 225 Å². The third-order valence-corrected chi connectivity index (χ3v) is 32.1. The van der Waals surface area contributed by atoms with E-state index in [1.54, 1.807) is 17.7 Å². The van der Waals surface area contributed by atoms with Crippen LogP contribution in [-0.4, -0.2) is 57.2 Å². The first-order chi connectivity index (χ1) is 46.7. The van der Waals surface area contributed by atoms with Crippen LogP contribution in [0.3, 0.4) is 0 Å². The Morgan fingerprint density at radius 1 is 0.242 bits per heavy atom. The van der Waals surface area contributed by atoms with Gasteiger partial charge in [0, 0.05) is 0 Å². The van der Waals surface area contributed by atoms with Gasteiger partial charge >= 0.3 is 42.4 Å². The molecule has 0 atom stereocenters. The van der Waals surface area contributed by atoms with Crippen molar-refractivity contribution in [2.45, 2.75) is 223 Å². The Morgan fingerprint density at radius 2 is 0.434 bits per heavy atom. The average molecular weight is 1370 g/mol. The first-order valence-corrected chi connectivity index (χ1v) is 47.6. The molecule has 0 amide bonds. The minimum atomic E-state index is -1.46. The molecule has 0 aliphatic carbocycles. The summed E-state index contributed by atoms with van der Waals surface area (Å²) < 4.78 is 9.32. The molecular formula is C94H124Al3BSi. The fourth-order valence-electron chi connectivity index (χ4n) is 13.1. The third-order valence-electron chi connectivity index (χ3n) is 20.4. The highest BCUT2D eigenvalue weighted by Gasteiger charge is 2.26. The number of rotatable bonds is 18. The van der Waals surface area contributed by atoms with Gasteiger partial charge in [-0.1, -0.05) is 422 Å². The quantitative estimate of drug-likeness (QED) is 0.0751. The molecule has 10 rings (SSSR count). The van der Waals surface area contributed by atoms with Gasteiger partial charge in [0.25, 0.3) is 0 Å². The maximum absolute atomic E-state index is 2.51. The highest BCUT2D eigenvalue weighted by molar-refractivity contribution is 7.00. The number of hydrogen-bond donors (Lipinski definition) is 0. The molecule has 0 saturated carbocycles. The summed E-state index contributed by atoms with van der Waals surface area (Å²) in [6, 6.07) is 86.6. The Kier molecular flexibility index (Phi) is 32.3. The van der Waals surface area contributed by atoms with Crippen LogP contribution in [0, 0.1) is 27.7 Å². The van der Waals surface area contributed by atoms with Crippen LogP contribution < -0.4 is 47.9 Å². The summed E-state index contributed by atoms with van der Waals surface area (Å²) in [5, 5.41) is 2.99. The van der Waals surface area contributed by atoms with E-state index in [1.165, 1.54) is 96.9 Å². The summed E-state index contributed by atoms with van der Waals surface area (Å²) in [4.78, 5) is 0. The van der Waals surface area contributed by atoms with Gasteiger partial charge in [-0.15, -0.1) is 26.6 Å². The smallest absolute Gasteiger partial charge is 0.104 e. The van der Waals surface area contributed by atoms with Crippen LogP contribution in [0.5, 0.6) is 0 Å². The highest BCUT2D eigenvalue weighted by atomic mass is 28.3. The number of hydrogen-bond acceptors (Lipinski definition) is 0. The molecule has 0 spiro atoms. The van der Waals surface area contributed by atoms with E-state index in [0.29, 0.717) is 54.1 Å². The second-order valence-corrected chi connectivity index (χ2v) is 44.6. The lowest BCUT2D eigenvalue weighted by atomic mass is 9.42. The van der Waals surface area contributed by atoms with E-state index in [1.807, 2.05) is 0 Å². The van der Waals surface area contributed by atoms with E-state index in [2.05, 4.69) is 406 Å². The van der Waals surface area contributed by atoms with Gasteiger partial charge in [-0.2, -0.15) is 0 Å². The molecule has 0 unspecified atom stereocenters. The van der Waals surface area contributed by atoms with Gasteiger partial charge in [0.05, 0.1) is 0 Å². The van der Waals surface area contributed by atoms with Crippen LogP contribution >= 0.6 is 0 Å². The minimum absolute atomic E-state index is 0.419. The molecule has 0 N–H and O–H groups in total. The highest BCUT2D eigenvalue weighted by Crippen LogP contribution is 2.26. The summed E-state index contributed by atoms with van der Waals surface area (Å²) in [7, 11) is -1.46. The van der Waals surface area contributed by atoms with Crippen molar-refractivity contribution in [1.29, 1.82) is 0 Å². The monoisotopic (exact) mass is 1370 g/mol. The van der Waals surface area contributed by atoms with Crippen molar-refractivity contribution < 1.29 is 0 Å². The first kappa shape index (κ1) is 82.0. The molecule has 0 bridgehead atoms. The van der Waals surface area contributed by atoms with E-state index < -0.39 is 50.5 Å². The molecule has 10 aromatic carbocycles. The standard InChI is InChI=1S/C25H37B.C14H16Si.2C12H17.2C8H9.2C6H5.3CH3.3Al/c1-16(2)20-10-21(17(3)4)13-24(12-20)26(9)25-14-22(18(5)6)11-23(15-25)19(7)8;1-15(2,13-9-5-3-6-10-13)14-11-7-4-8-12-14;2*1-9(2)11-6-5-7-12(8-11)10(3)4;2*1-7-4-3-5-8(2)6-7;2*1-2-4-6-5-3-1;;;;;;/h10-19H,1-9H3;3-12H,1-2H3;2*6-10H,1-4H3;2*4-6H,1-2H3;2*1-5H;3*1H3;;;. The Balaban J connectivity index is 0.000000199. The van der Waals surface area contributed by atoms with Gasteiger partial charge in [0.2, 0.25) is 6.71 Å². The van der Waals surface area contributed by atoms with Crippen LogP contribution in [-0.2, 0) is 0 Å². The van der Waals surface area contributed by atoms with E-state index in [4.69, 9.17) is 0 Å². The number of benzene rings is 10. The maximum Gasteiger partial charge on any atom is 0.342 e. The number of aryl methyl sites for hydroxylation is 4. The molecule has 5 heteroatoms. The van der Waals surface area contributed by atoms with E-state index in [0.717, 1.165) is 0 Å². The van der Waals surface area contributed by atoms with Crippen LogP contribution in [0.15, 0.2) is 231 Å². The van der Waals surface area contributed by atoms with Crippen LogP contribution in [0.25, 0.3) is 0 Å². The SMILES string of the molecule is CB(c1cc(C(C)C)cc(C(C)C)c1)c1cc(C(C)C)cc(C(C)C)c1.CC(C)c1cc(C(C)C)c[c]([Al]([CH3])[c]2cc(C(C)C)cc(C(C)C)c2)c1.C[Si](C)(c1ccccc1)c1ccccc1.Cc1cc(C)c[c]([Al]([CH3])[c]2cc(C)cc(C)c2)c1.[CH3][Al]([c]1ccccc1)[c]1ccccc1. The van der Waals surface area contributed by atoms with Crippen molar-refractivity contribution in [2.75, 3.05) is 0 Å². The molecule has 0 aromatic heterocycles. The van der Waals surface area contributed by atoms with Gasteiger partial charge in [-0.3, -0.25) is 0 Å². The third kappa shape index (κ3) is 24.7. The zero-order chi connectivity index (χ0) is 73.0. The Bertz CT molecular complexity index is 3540. The van der Waals surface area contributed by atoms with Crippen molar-refractivity contribution >= 4 is 105 Å². The van der Waals surface area contributed by atoms with Gasteiger partial charge in [0.1, 0.15) is 8.07 Å². The second kappa shape index (κ2) is 38.9. The van der Waals surface area contributed by atoms with Gasteiger partial charge in [-0.25, -0.2) is 0 Å². The summed E-state index contributed by atoms with van der Waals surface area (Å²) in [6.45, 7) is 53.2. The molecule has 0 aliphatic heterocycles. The minimum Gasteiger partial charge on any atom is -0.104 e. The summed E-state index contributed by atoms with van der Waals surface area (Å²) in [5.74, 6) is 11.9. The van der Waals surface area contributed by atoms with Crippen LogP contribution in [0.4, 0.5) is 0 Å². The van der Waals surface area contributed by atoms with Gasteiger partial charge in [-0.05, 0) is 120 Å². The molecule has 0 heterocycles. The van der Waals surface area contributed by atoms with Crippen molar-refractivity contribution in [1.82, 2.24) is 0 Å². The van der Waals surface area contributed by atoms with E-state index in [-0.39, 0.29) is 0 Å². The van der Waals surface area contributed by atoms with E-state index in [9.17, 15) is 0 Å². The zero-order valence-electron chi connectivity index (χ0n) is 66.4. The Morgan fingerprint density at radius 3 is 0.657 bits per heavy atom. The summed E-state index contributed by atoms with van der Waals surface area (Å²) in [6.07, 6.45) is 0. The molecule has 0 fully saturated rings. The fraction of sp³-hybridized carbons (Fsp3) is 0.362. The average Bonchev–Trinajstić information content (AvgIpc) is 0.813. The lowest BCUT2D eigenvalue weighted by Gasteiger charge is -2.23. The predicted molar refractivity (Wildman–Crippen MR) is 456 cm³/mol. The second-order valence-electron chi connectivity index (χ2n) is 31.9. The van der Waals surface area contributed by atoms with Crippen molar-refractivity contribution in [3.05, 3.63) is 297 Å². The molecule has 99 heavy (non-hydrogen) atoms. The molecule has 0 saturated heterocycles. The molecular weight excluding hydrogens is 1250 g/mol. The summed E-state index contributed by atoms with van der Waals surface area (Å²) >= 11 is -3.15. The van der Waals surface area contributed by atoms with E-state index >= 15 is 0 Å². The normalized spacial score (nSPS) is 11.3. The fourth-order valence-corrected chi connectivity index (χ4v) is 22.1. The van der Waals surface area contributed by atoms with Gasteiger partial charge < -0.3 is 0 Å². The predicted octanol–water partition coefficient (Wildman–Crippen LogP) is 20.4. The topological polar surface area (TPSA) is 0 Å². The zero-order valence-corrected chi connectivity index (χ0v) is 70.8. The van der Waals surface area contributed by atoms with Crippen molar-refractivity contribution in [2.24, 2.45) is 0 Å². The summed E-state index contributed by atoms with van der Waals surface area (Å²) in [5.41, 5.74) is 20.3. The lowest BCUT2D eigenvalue weighted by molar-refractivity contribution is 0.835. The molecule has 0 radical (unpaired) electrons. The molecule has 0 nitrogen and oxygen atoms in total. The van der Waals surface area contributed by atoms with Crippen molar-refractivity contribution in [3.63, 3.8) is 0 Å². The Hall–Kier alpha value is -5.92. The molecule has 10 aromatic rings. The maximum atomic E-state index is 2.51. The van der Waals surface area contributed by atoms with Crippen molar-refractivity contribution in [3.8, 4) is 0 Å². The largest absolute Gasteiger partial charge is 0.342 e. The first-order valence-electron chi connectivity index (χ1n) is 37.7. The Labute approximate surface area is 620 Å². The van der Waals surface area contributed by atoms with Gasteiger partial charge in [0.15, 0.2) is 0 Å². The molecule has 0 aliphatic rings. The lowest BCUT2D eigenvalue weighted by Crippen LogP contribution is -2.52. The van der Waals surface area contributed by atoms with Crippen LogP contribution in [0.2, 0.25) is 37.3 Å².